The molecular formula is C19H17BrO6. The van der Waals surface area contributed by atoms with Gasteiger partial charge in [-0.1, -0.05) is 12.1 Å². The number of carbonyl (C=O) groups excluding carboxylic acids is 3. The van der Waals surface area contributed by atoms with Crippen molar-refractivity contribution in [1.29, 1.82) is 0 Å². The molecule has 0 bridgehead atoms. The summed E-state index contributed by atoms with van der Waals surface area (Å²) < 4.78 is 15.8. The third-order valence-electron chi connectivity index (χ3n) is 3.23. The minimum atomic E-state index is -0.631. The third kappa shape index (κ3) is 4.92. The smallest absolute Gasteiger partial charge is 0.344 e. The summed E-state index contributed by atoms with van der Waals surface area (Å²) in [6.45, 7) is 3.69. The Morgan fingerprint density at radius 3 is 1.88 bits per heavy atom. The molecule has 0 radical (unpaired) electrons. The molecule has 6 nitrogen and oxygen atoms in total. The molecule has 0 aliphatic heterocycles. The molecule has 0 aliphatic rings. The van der Waals surface area contributed by atoms with Crippen LogP contribution in [-0.2, 0) is 9.47 Å². The maximum absolute atomic E-state index is 12.4. The number of halogens is 1. The molecule has 26 heavy (non-hydrogen) atoms. The first-order chi connectivity index (χ1) is 12.5. The largest absolute Gasteiger partial charge is 0.462 e. The maximum atomic E-state index is 12.4. The summed E-state index contributed by atoms with van der Waals surface area (Å²) in [4.78, 5) is 36.4. The van der Waals surface area contributed by atoms with Crippen LogP contribution >= 0.6 is 15.9 Å². The Morgan fingerprint density at radius 2 is 1.38 bits per heavy atom. The van der Waals surface area contributed by atoms with E-state index in [1.807, 2.05) is 0 Å². The Hall–Kier alpha value is -2.67. The van der Waals surface area contributed by atoms with Crippen molar-refractivity contribution in [1.82, 2.24) is 0 Å². The van der Waals surface area contributed by atoms with Gasteiger partial charge in [-0.25, -0.2) is 14.4 Å². The number of hydrogen-bond donors (Lipinski definition) is 0. The average molecular weight is 421 g/mol. The van der Waals surface area contributed by atoms with Crippen LogP contribution in [0.5, 0.6) is 5.75 Å². The van der Waals surface area contributed by atoms with Gasteiger partial charge in [0.15, 0.2) is 0 Å². The molecule has 7 heteroatoms. The zero-order valence-corrected chi connectivity index (χ0v) is 15.9. The van der Waals surface area contributed by atoms with E-state index in [1.165, 1.54) is 18.2 Å². The number of hydrogen-bond acceptors (Lipinski definition) is 6. The van der Waals surface area contributed by atoms with Gasteiger partial charge >= 0.3 is 17.9 Å². The van der Waals surface area contributed by atoms with Gasteiger partial charge in [0.25, 0.3) is 0 Å². The molecule has 0 aromatic heterocycles. The lowest BCUT2D eigenvalue weighted by Crippen LogP contribution is -2.13. The molecule has 136 valence electrons. The second-order valence-corrected chi connectivity index (χ2v) is 5.91. The van der Waals surface area contributed by atoms with Gasteiger partial charge in [0.05, 0.1) is 29.9 Å². The molecule has 0 unspecified atom stereocenters. The number of ether oxygens (including phenoxy) is 3. The van der Waals surface area contributed by atoms with Crippen LogP contribution in [0.4, 0.5) is 0 Å². The van der Waals surface area contributed by atoms with Crippen molar-refractivity contribution < 1.29 is 28.6 Å². The summed E-state index contributed by atoms with van der Waals surface area (Å²) in [6.07, 6.45) is 0. The van der Waals surface area contributed by atoms with E-state index in [9.17, 15) is 14.4 Å². The van der Waals surface area contributed by atoms with Crippen molar-refractivity contribution in [2.75, 3.05) is 13.2 Å². The molecule has 2 aromatic rings. The van der Waals surface area contributed by atoms with E-state index in [-0.39, 0.29) is 30.1 Å². The van der Waals surface area contributed by atoms with E-state index >= 15 is 0 Å². The molecule has 0 saturated carbocycles. The second kappa shape index (κ2) is 9.15. The lowest BCUT2D eigenvalue weighted by Gasteiger charge is -2.10. The van der Waals surface area contributed by atoms with E-state index in [2.05, 4.69) is 15.9 Å². The average Bonchev–Trinajstić information content (AvgIpc) is 2.62. The SMILES string of the molecule is CCOC(=O)c1cc(OC(=O)c2ccccc2Br)cc(C(=O)OCC)c1. The van der Waals surface area contributed by atoms with Gasteiger partial charge in [-0.15, -0.1) is 0 Å². The zero-order chi connectivity index (χ0) is 19.1. The van der Waals surface area contributed by atoms with Gasteiger partial charge < -0.3 is 14.2 Å². The van der Waals surface area contributed by atoms with Crippen molar-refractivity contribution in [2.45, 2.75) is 13.8 Å². The molecule has 2 aromatic carbocycles. The quantitative estimate of drug-likeness (QED) is 0.518. The van der Waals surface area contributed by atoms with Crippen molar-refractivity contribution >= 4 is 33.8 Å². The van der Waals surface area contributed by atoms with Gasteiger partial charge in [0, 0.05) is 4.47 Å². The lowest BCUT2D eigenvalue weighted by atomic mass is 10.1. The highest BCUT2D eigenvalue weighted by molar-refractivity contribution is 9.10. The van der Waals surface area contributed by atoms with Crippen molar-refractivity contribution in [3.8, 4) is 5.75 Å². The van der Waals surface area contributed by atoms with Crippen LogP contribution in [0.25, 0.3) is 0 Å². The Kier molecular flexibility index (Phi) is 6.91. The number of carbonyl (C=O) groups is 3. The van der Waals surface area contributed by atoms with E-state index in [4.69, 9.17) is 14.2 Å². The summed E-state index contributed by atoms with van der Waals surface area (Å²) in [5.41, 5.74) is 0.492. The van der Waals surface area contributed by atoms with Crippen molar-refractivity contribution in [2.24, 2.45) is 0 Å². The fourth-order valence-electron chi connectivity index (χ4n) is 2.11. The van der Waals surface area contributed by atoms with Crippen molar-refractivity contribution in [3.05, 3.63) is 63.6 Å². The van der Waals surface area contributed by atoms with Gasteiger partial charge in [-0.05, 0) is 60.1 Å². The summed E-state index contributed by atoms with van der Waals surface area (Å²) in [6, 6.07) is 10.8. The molecule has 0 heterocycles. The summed E-state index contributed by atoms with van der Waals surface area (Å²) >= 11 is 3.28. The fourth-order valence-corrected chi connectivity index (χ4v) is 2.56. The van der Waals surface area contributed by atoms with Gasteiger partial charge in [-0.2, -0.15) is 0 Å². The van der Waals surface area contributed by atoms with E-state index in [1.54, 1.807) is 38.1 Å². The number of rotatable bonds is 6. The molecule has 0 saturated heterocycles. The van der Waals surface area contributed by atoms with Crippen LogP contribution < -0.4 is 4.74 Å². The van der Waals surface area contributed by atoms with Crippen molar-refractivity contribution in [3.63, 3.8) is 0 Å². The van der Waals surface area contributed by atoms with Crippen LogP contribution in [0.1, 0.15) is 44.9 Å². The van der Waals surface area contributed by atoms with Gasteiger partial charge in [-0.3, -0.25) is 0 Å². The Labute approximate surface area is 159 Å². The van der Waals surface area contributed by atoms with Crippen LogP contribution in [0.2, 0.25) is 0 Å². The van der Waals surface area contributed by atoms with E-state index < -0.39 is 17.9 Å². The first kappa shape index (κ1) is 19.7. The predicted molar refractivity (Wildman–Crippen MR) is 97.5 cm³/mol. The standard InChI is InChI=1S/C19H17BrO6/c1-3-24-17(21)12-9-13(18(22)25-4-2)11-14(10-12)26-19(23)15-7-5-6-8-16(15)20/h5-11H,3-4H2,1-2H3. The predicted octanol–water partition coefficient (Wildman–Crippen LogP) is 4.02. The number of esters is 3. The van der Waals surface area contributed by atoms with E-state index in [0.717, 1.165) is 0 Å². The first-order valence-electron chi connectivity index (χ1n) is 7.92. The highest BCUT2D eigenvalue weighted by atomic mass is 79.9. The topological polar surface area (TPSA) is 78.9 Å². The van der Waals surface area contributed by atoms with Crippen LogP contribution in [0, 0.1) is 0 Å². The highest BCUT2D eigenvalue weighted by Gasteiger charge is 2.18. The summed E-state index contributed by atoms with van der Waals surface area (Å²) in [5.74, 6) is -1.85. The fraction of sp³-hybridized carbons (Fsp3) is 0.211. The maximum Gasteiger partial charge on any atom is 0.344 e. The third-order valence-corrected chi connectivity index (χ3v) is 3.92. The number of benzene rings is 2. The molecule has 0 fully saturated rings. The first-order valence-corrected chi connectivity index (χ1v) is 8.71. The van der Waals surface area contributed by atoms with Gasteiger partial charge in [0.1, 0.15) is 5.75 Å². The van der Waals surface area contributed by atoms with Crippen LogP contribution in [0.15, 0.2) is 46.9 Å². The van der Waals surface area contributed by atoms with Crippen LogP contribution in [0.3, 0.4) is 0 Å². The zero-order valence-electron chi connectivity index (χ0n) is 14.3. The van der Waals surface area contributed by atoms with Gasteiger partial charge in [0.2, 0.25) is 0 Å². The lowest BCUT2D eigenvalue weighted by molar-refractivity contribution is 0.0521. The van der Waals surface area contributed by atoms with E-state index in [0.29, 0.717) is 10.0 Å². The molecule has 0 spiro atoms. The summed E-state index contributed by atoms with van der Waals surface area (Å²) in [5, 5.41) is 0. The minimum Gasteiger partial charge on any atom is -0.462 e. The highest BCUT2D eigenvalue weighted by Crippen LogP contribution is 2.22. The second-order valence-electron chi connectivity index (χ2n) is 5.06. The molecule has 2 rings (SSSR count). The molecule has 0 aliphatic carbocycles. The van der Waals surface area contributed by atoms with Crippen LogP contribution in [-0.4, -0.2) is 31.1 Å². The summed E-state index contributed by atoms with van der Waals surface area (Å²) in [7, 11) is 0. The molecule has 0 N–H and O–H groups in total. The minimum absolute atomic E-state index is 0.0411. The normalized spacial score (nSPS) is 10.1. The Bertz CT molecular complexity index is 794. The Balaban J connectivity index is 2.37. The molecular weight excluding hydrogens is 404 g/mol. The monoisotopic (exact) mass is 420 g/mol. The molecule has 0 amide bonds. The molecule has 0 atom stereocenters. The Morgan fingerprint density at radius 1 is 0.846 bits per heavy atom.